The Morgan fingerprint density at radius 1 is 1.29 bits per heavy atom. The number of benzene rings is 1. The van der Waals surface area contributed by atoms with Crippen LogP contribution in [0.2, 0.25) is 0 Å². The Balaban J connectivity index is 2.38. The summed E-state index contributed by atoms with van der Waals surface area (Å²) in [4.78, 5) is 19.1. The number of nitrogens with zero attached hydrogens (tertiary/aromatic N) is 1. The lowest BCUT2D eigenvalue weighted by Crippen LogP contribution is -2.12. The van der Waals surface area contributed by atoms with Gasteiger partial charge in [0.2, 0.25) is 0 Å². The Kier molecular flexibility index (Phi) is 3.09. The van der Waals surface area contributed by atoms with Crippen LogP contribution in [-0.2, 0) is 0 Å². The monoisotopic (exact) mass is 228 g/mol. The number of nitrogens with one attached hydrogen (secondary N) is 1. The van der Waals surface area contributed by atoms with Gasteiger partial charge in [-0.25, -0.2) is 4.98 Å². The normalized spacial score (nSPS) is 12.4. The van der Waals surface area contributed by atoms with Gasteiger partial charge in [-0.3, -0.25) is 4.79 Å². The van der Waals surface area contributed by atoms with Gasteiger partial charge in [-0.1, -0.05) is 25.1 Å². The molecule has 1 N–H and O–H groups in total. The fourth-order valence-corrected chi connectivity index (χ4v) is 2.26. The molecule has 0 fully saturated rings. The molecule has 1 atom stereocenters. The van der Waals surface area contributed by atoms with Crippen LogP contribution in [0.3, 0.4) is 0 Å². The summed E-state index contributed by atoms with van der Waals surface area (Å²) < 4.78 is 0. The van der Waals surface area contributed by atoms with Crippen molar-refractivity contribution >= 4 is 5.78 Å². The van der Waals surface area contributed by atoms with Crippen molar-refractivity contribution in [3.05, 3.63) is 53.1 Å². The van der Waals surface area contributed by atoms with Crippen molar-refractivity contribution in [2.75, 3.05) is 0 Å². The summed E-state index contributed by atoms with van der Waals surface area (Å²) in [7, 11) is 0. The SMILES string of the molecule is Cc1cccc(C)c1C(C)C(=O)c1c[nH]cn1. The van der Waals surface area contributed by atoms with Gasteiger partial charge in [0.1, 0.15) is 5.69 Å². The Hall–Kier alpha value is -1.90. The number of carbonyl (C=O) groups is 1. The van der Waals surface area contributed by atoms with Crippen molar-refractivity contribution in [2.45, 2.75) is 26.7 Å². The predicted molar refractivity (Wildman–Crippen MR) is 67.2 cm³/mol. The van der Waals surface area contributed by atoms with Gasteiger partial charge >= 0.3 is 0 Å². The number of Topliss-reactive ketones (excluding diaryl/α,β-unsaturated/α-hetero) is 1. The third-order valence-electron chi connectivity index (χ3n) is 3.12. The summed E-state index contributed by atoms with van der Waals surface area (Å²) in [6, 6.07) is 6.09. The average molecular weight is 228 g/mol. The highest BCUT2D eigenvalue weighted by Gasteiger charge is 2.21. The number of carbonyl (C=O) groups excluding carboxylic acids is 1. The zero-order valence-electron chi connectivity index (χ0n) is 10.3. The second-order valence-electron chi connectivity index (χ2n) is 4.35. The first kappa shape index (κ1) is 11.6. The number of aryl methyl sites for hydroxylation is 2. The molecular formula is C14H16N2O. The van der Waals surface area contributed by atoms with E-state index in [0.717, 1.165) is 16.7 Å². The van der Waals surface area contributed by atoms with Gasteiger partial charge in [-0.2, -0.15) is 0 Å². The van der Waals surface area contributed by atoms with Crippen LogP contribution >= 0.6 is 0 Å². The second-order valence-corrected chi connectivity index (χ2v) is 4.35. The smallest absolute Gasteiger partial charge is 0.189 e. The molecule has 88 valence electrons. The summed E-state index contributed by atoms with van der Waals surface area (Å²) >= 11 is 0. The van der Waals surface area contributed by atoms with Crippen molar-refractivity contribution < 1.29 is 4.79 Å². The largest absolute Gasteiger partial charge is 0.350 e. The van der Waals surface area contributed by atoms with E-state index in [2.05, 4.69) is 9.97 Å². The molecule has 0 aliphatic rings. The summed E-state index contributed by atoms with van der Waals surface area (Å²) in [5.74, 6) is -0.0943. The number of rotatable bonds is 3. The second kappa shape index (κ2) is 4.53. The van der Waals surface area contributed by atoms with E-state index < -0.39 is 0 Å². The predicted octanol–water partition coefficient (Wildman–Crippen LogP) is 3.01. The van der Waals surface area contributed by atoms with Gasteiger partial charge in [0.25, 0.3) is 0 Å². The van der Waals surface area contributed by atoms with Crippen molar-refractivity contribution in [3.63, 3.8) is 0 Å². The molecule has 0 spiro atoms. The number of ketones is 1. The van der Waals surface area contributed by atoms with Gasteiger partial charge in [0.05, 0.1) is 6.33 Å². The van der Waals surface area contributed by atoms with Crippen LogP contribution in [0.1, 0.15) is 40.0 Å². The molecule has 1 aromatic carbocycles. The van der Waals surface area contributed by atoms with Crippen LogP contribution in [0.5, 0.6) is 0 Å². The van der Waals surface area contributed by atoms with Crippen LogP contribution in [0, 0.1) is 13.8 Å². The number of hydrogen-bond donors (Lipinski definition) is 1. The third-order valence-corrected chi connectivity index (χ3v) is 3.12. The summed E-state index contributed by atoms with van der Waals surface area (Å²) in [6.45, 7) is 6.01. The topological polar surface area (TPSA) is 45.8 Å². The maximum absolute atomic E-state index is 12.2. The highest BCUT2D eigenvalue weighted by Crippen LogP contribution is 2.25. The number of aromatic amines is 1. The molecule has 1 aromatic heterocycles. The Labute approximate surface area is 101 Å². The van der Waals surface area contributed by atoms with E-state index in [-0.39, 0.29) is 11.7 Å². The van der Waals surface area contributed by atoms with Gasteiger partial charge in [-0.15, -0.1) is 0 Å². The molecule has 0 radical (unpaired) electrons. The summed E-state index contributed by atoms with van der Waals surface area (Å²) in [5.41, 5.74) is 3.92. The Bertz CT molecular complexity index is 509. The van der Waals surface area contributed by atoms with Gasteiger partial charge < -0.3 is 4.98 Å². The molecule has 1 unspecified atom stereocenters. The van der Waals surface area contributed by atoms with Crippen LogP contribution in [0.25, 0.3) is 0 Å². The van der Waals surface area contributed by atoms with Crippen LogP contribution in [0.4, 0.5) is 0 Å². The molecule has 0 amide bonds. The summed E-state index contributed by atoms with van der Waals surface area (Å²) in [6.07, 6.45) is 3.18. The van der Waals surface area contributed by atoms with E-state index in [1.54, 1.807) is 6.20 Å². The molecule has 0 aliphatic heterocycles. The minimum atomic E-state index is -0.153. The Morgan fingerprint density at radius 2 is 1.94 bits per heavy atom. The molecule has 1 heterocycles. The molecular weight excluding hydrogens is 212 g/mol. The lowest BCUT2D eigenvalue weighted by Gasteiger charge is -2.15. The van der Waals surface area contributed by atoms with Crippen molar-refractivity contribution in [3.8, 4) is 0 Å². The number of aromatic nitrogens is 2. The number of imidazole rings is 1. The molecule has 2 aromatic rings. The van der Waals surface area contributed by atoms with Crippen molar-refractivity contribution in [1.29, 1.82) is 0 Å². The highest BCUT2D eigenvalue weighted by atomic mass is 16.1. The fourth-order valence-electron chi connectivity index (χ4n) is 2.26. The zero-order valence-corrected chi connectivity index (χ0v) is 10.3. The maximum Gasteiger partial charge on any atom is 0.189 e. The van der Waals surface area contributed by atoms with E-state index in [0.29, 0.717) is 5.69 Å². The van der Waals surface area contributed by atoms with Gasteiger partial charge in [0.15, 0.2) is 5.78 Å². The van der Waals surface area contributed by atoms with Crippen LogP contribution < -0.4 is 0 Å². The highest BCUT2D eigenvalue weighted by molar-refractivity contribution is 5.99. The van der Waals surface area contributed by atoms with Gasteiger partial charge in [0, 0.05) is 12.1 Å². The van der Waals surface area contributed by atoms with E-state index in [1.807, 2.05) is 39.0 Å². The molecule has 17 heavy (non-hydrogen) atoms. The Morgan fingerprint density at radius 3 is 2.47 bits per heavy atom. The van der Waals surface area contributed by atoms with Crippen LogP contribution in [0.15, 0.2) is 30.7 Å². The van der Waals surface area contributed by atoms with Gasteiger partial charge in [-0.05, 0) is 30.5 Å². The minimum Gasteiger partial charge on any atom is -0.350 e. The lowest BCUT2D eigenvalue weighted by atomic mass is 9.88. The first-order chi connectivity index (χ1) is 8.11. The van der Waals surface area contributed by atoms with E-state index >= 15 is 0 Å². The van der Waals surface area contributed by atoms with Crippen molar-refractivity contribution in [1.82, 2.24) is 9.97 Å². The molecule has 0 saturated heterocycles. The van der Waals surface area contributed by atoms with Crippen molar-refractivity contribution in [2.24, 2.45) is 0 Å². The summed E-state index contributed by atoms with van der Waals surface area (Å²) in [5, 5.41) is 0. The molecule has 0 aliphatic carbocycles. The first-order valence-corrected chi connectivity index (χ1v) is 5.70. The minimum absolute atomic E-state index is 0.0589. The van der Waals surface area contributed by atoms with E-state index in [9.17, 15) is 4.79 Å². The molecule has 0 saturated carbocycles. The quantitative estimate of drug-likeness (QED) is 0.821. The fraction of sp³-hybridized carbons (Fsp3) is 0.286. The number of H-pyrrole nitrogens is 1. The van der Waals surface area contributed by atoms with E-state index in [4.69, 9.17) is 0 Å². The van der Waals surface area contributed by atoms with Crippen LogP contribution in [-0.4, -0.2) is 15.8 Å². The number of hydrogen-bond acceptors (Lipinski definition) is 2. The average Bonchev–Trinajstić information content (AvgIpc) is 2.81. The maximum atomic E-state index is 12.2. The molecule has 0 bridgehead atoms. The molecule has 3 nitrogen and oxygen atoms in total. The standard InChI is InChI=1S/C14H16N2O/c1-9-5-4-6-10(2)13(9)11(3)14(17)12-7-15-8-16-12/h4-8,11H,1-3H3,(H,15,16). The first-order valence-electron chi connectivity index (χ1n) is 5.70. The molecule has 3 heteroatoms. The lowest BCUT2D eigenvalue weighted by molar-refractivity contribution is 0.0961. The molecule has 2 rings (SSSR count). The third kappa shape index (κ3) is 2.13. The van der Waals surface area contributed by atoms with E-state index in [1.165, 1.54) is 6.33 Å². The zero-order chi connectivity index (χ0) is 12.4.